The van der Waals surface area contributed by atoms with E-state index in [2.05, 4.69) is 10.6 Å². The zero-order valence-corrected chi connectivity index (χ0v) is 31.5. The van der Waals surface area contributed by atoms with Gasteiger partial charge in [0.05, 0.1) is 6.04 Å². The van der Waals surface area contributed by atoms with E-state index in [-0.39, 0.29) is 35.8 Å². The molecule has 1 saturated heterocycles. The molecule has 1 aliphatic rings. The van der Waals surface area contributed by atoms with Crippen molar-refractivity contribution in [3.63, 3.8) is 0 Å². The van der Waals surface area contributed by atoms with Crippen LogP contribution >= 0.6 is 0 Å². The molecule has 4 aromatic carbocycles. The molecule has 278 valence electrons. The minimum Gasteiger partial charge on any atom is -0.491 e. The molecule has 1 unspecified atom stereocenters. The van der Waals surface area contributed by atoms with Crippen molar-refractivity contribution in [2.75, 3.05) is 37.0 Å². The normalized spacial score (nSPS) is 13.8. The SMILES string of the molecule is CCC(COc1ccc(N(C)C(=O)c2ccc(NC(=O)c3ccccc3-c3ccc(C)cc3)cc2)cc1)NC(=O)C1CCN(C(=O)OC(C)(C)C)CC1. The third-order valence-electron chi connectivity index (χ3n) is 9.26. The predicted octanol–water partition coefficient (Wildman–Crippen LogP) is 8.11. The van der Waals surface area contributed by atoms with Crippen LogP contribution in [-0.2, 0) is 9.53 Å². The van der Waals surface area contributed by atoms with E-state index < -0.39 is 5.60 Å². The Morgan fingerprint density at radius 1 is 0.868 bits per heavy atom. The van der Waals surface area contributed by atoms with E-state index in [1.807, 2.05) is 89.2 Å². The van der Waals surface area contributed by atoms with Gasteiger partial charge in [0, 0.05) is 48.6 Å². The molecule has 0 radical (unpaired) electrons. The van der Waals surface area contributed by atoms with Crippen LogP contribution in [0.2, 0.25) is 0 Å². The number of benzene rings is 4. The molecular formula is C43H50N4O6. The summed E-state index contributed by atoms with van der Waals surface area (Å²) in [5.74, 6) is -0.00992. The largest absolute Gasteiger partial charge is 0.491 e. The van der Waals surface area contributed by atoms with Gasteiger partial charge in [-0.2, -0.15) is 0 Å². The van der Waals surface area contributed by atoms with Crippen molar-refractivity contribution in [1.82, 2.24) is 10.2 Å². The summed E-state index contributed by atoms with van der Waals surface area (Å²) in [6.07, 6.45) is 1.52. The molecule has 2 N–H and O–H groups in total. The van der Waals surface area contributed by atoms with Crippen molar-refractivity contribution in [3.8, 4) is 16.9 Å². The Morgan fingerprint density at radius 2 is 1.51 bits per heavy atom. The lowest BCUT2D eigenvalue weighted by Crippen LogP contribution is -2.47. The van der Waals surface area contributed by atoms with Crippen molar-refractivity contribution in [1.29, 1.82) is 0 Å². The third-order valence-corrected chi connectivity index (χ3v) is 9.26. The lowest BCUT2D eigenvalue weighted by atomic mass is 9.95. The number of hydrogen-bond acceptors (Lipinski definition) is 6. The number of carbonyl (C=O) groups is 4. The first kappa shape index (κ1) is 38.6. The number of amides is 4. The summed E-state index contributed by atoms with van der Waals surface area (Å²) >= 11 is 0. The van der Waals surface area contributed by atoms with Crippen LogP contribution in [0.1, 0.15) is 73.2 Å². The average Bonchev–Trinajstić information content (AvgIpc) is 3.16. The zero-order valence-electron chi connectivity index (χ0n) is 31.5. The van der Waals surface area contributed by atoms with Gasteiger partial charge in [0.2, 0.25) is 5.91 Å². The summed E-state index contributed by atoms with van der Waals surface area (Å²) in [6.45, 7) is 10.8. The van der Waals surface area contributed by atoms with Crippen LogP contribution in [0.3, 0.4) is 0 Å². The van der Waals surface area contributed by atoms with Crippen molar-refractivity contribution in [2.45, 2.75) is 65.5 Å². The number of likely N-dealkylation sites (tertiary alicyclic amines) is 1. The fourth-order valence-corrected chi connectivity index (χ4v) is 6.07. The first-order valence-corrected chi connectivity index (χ1v) is 18.2. The summed E-state index contributed by atoms with van der Waals surface area (Å²) < 4.78 is 11.5. The molecule has 10 nitrogen and oxygen atoms in total. The fourth-order valence-electron chi connectivity index (χ4n) is 6.07. The Kier molecular flexibility index (Phi) is 12.6. The molecule has 53 heavy (non-hydrogen) atoms. The molecule has 1 heterocycles. The van der Waals surface area contributed by atoms with Crippen LogP contribution in [-0.4, -0.2) is 67.1 Å². The summed E-state index contributed by atoms with van der Waals surface area (Å²) in [5.41, 5.74) is 4.71. The van der Waals surface area contributed by atoms with Gasteiger partial charge < -0.3 is 29.9 Å². The molecule has 0 aromatic heterocycles. The number of aryl methyl sites for hydroxylation is 1. The first-order valence-electron chi connectivity index (χ1n) is 18.2. The minimum atomic E-state index is -0.555. The second-order valence-electron chi connectivity index (χ2n) is 14.5. The summed E-state index contributed by atoms with van der Waals surface area (Å²) in [6, 6.07) is 29.4. The predicted molar refractivity (Wildman–Crippen MR) is 208 cm³/mol. The summed E-state index contributed by atoms with van der Waals surface area (Å²) in [7, 11) is 1.70. The molecular weight excluding hydrogens is 668 g/mol. The van der Waals surface area contributed by atoms with Crippen LogP contribution in [0.15, 0.2) is 97.1 Å². The second kappa shape index (κ2) is 17.3. The van der Waals surface area contributed by atoms with Gasteiger partial charge in [0.15, 0.2) is 0 Å². The van der Waals surface area contributed by atoms with Gasteiger partial charge in [-0.25, -0.2) is 4.79 Å². The number of carbonyl (C=O) groups excluding carboxylic acids is 4. The highest BCUT2D eigenvalue weighted by molar-refractivity contribution is 6.09. The lowest BCUT2D eigenvalue weighted by Gasteiger charge is -2.33. The summed E-state index contributed by atoms with van der Waals surface area (Å²) in [5, 5.41) is 6.07. The molecule has 0 spiro atoms. The quantitative estimate of drug-likeness (QED) is 0.162. The molecule has 10 heteroatoms. The molecule has 1 atom stereocenters. The summed E-state index contributed by atoms with van der Waals surface area (Å²) in [4.78, 5) is 55.2. The van der Waals surface area contributed by atoms with Crippen molar-refractivity contribution in [2.24, 2.45) is 5.92 Å². The first-order chi connectivity index (χ1) is 25.3. The smallest absolute Gasteiger partial charge is 0.410 e. The Balaban J connectivity index is 1.10. The lowest BCUT2D eigenvalue weighted by molar-refractivity contribution is -0.127. The van der Waals surface area contributed by atoms with E-state index in [0.29, 0.717) is 67.2 Å². The van der Waals surface area contributed by atoms with E-state index in [4.69, 9.17) is 9.47 Å². The van der Waals surface area contributed by atoms with E-state index in [1.54, 1.807) is 59.3 Å². The highest BCUT2D eigenvalue weighted by Crippen LogP contribution is 2.26. The van der Waals surface area contributed by atoms with Crippen LogP contribution < -0.4 is 20.3 Å². The van der Waals surface area contributed by atoms with E-state index >= 15 is 0 Å². The molecule has 0 bridgehead atoms. The van der Waals surface area contributed by atoms with Crippen LogP contribution in [0, 0.1) is 12.8 Å². The monoisotopic (exact) mass is 718 g/mol. The van der Waals surface area contributed by atoms with Crippen molar-refractivity contribution >= 4 is 35.2 Å². The number of rotatable bonds is 11. The Bertz CT molecular complexity index is 1880. The number of nitrogens with zero attached hydrogens (tertiary/aromatic N) is 2. The van der Waals surface area contributed by atoms with Gasteiger partial charge in [-0.1, -0.05) is 55.0 Å². The Labute approximate surface area is 312 Å². The molecule has 4 amide bonds. The minimum absolute atomic E-state index is 0.0290. The maximum atomic E-state index is 13.3. The van der Waals surface area contributed by atoms with Gasteiger partial charge in [-0.05, 0) is 113 Å². The molecule has 1 aliphatic heterocycles. The fraction of sp³-hybridized carbons (Fsp3) is 0.349. The van der Waals surface area contributed by atoms with Crippen LogP contribution in [0.5, 0.6) is 5.75 Å². The van der Waals surface area contributed by atoms with E-state index in [1.165, 1.54) is 0 Å². The Morgan fingerprint density at radius 3 is 2.13 bits per heavy atom. The zero-order chi connectivity index (χ0) is 38.1. The third kappa shape index (κ3) is 10.5. The maximum absolute atomic E-state index is 13.3. The topological polar surface area (TPSA) is 117 Å². The number of hydrogen-bond donors (Lipinski definition) is 2. The maximum Gasteiger partial charge on any atom is 0.410 e. The number of ether oxygens (including phenoxy) is 2. The average molecular weight is 719 g/mol. The van der Waals surface area contributed by atoms with E-state index in [9.17, 15) is 19.2 Å². The van der Waals surface area contributed by atoms with Gasteiger partial charge in [0.1, 0.15) is 18.0 Å². The number of nitrogens with one attached hydrogen (secondary N) is 2. The molecule has 1 fully saturated rings. The van der Waals surface area contributed by atoms with Gasteiger partial charge >= 0.3 is 6.09 Å². The molecule has 0 saturated carbocycles. The molecule has 0 aliphatic carbocycles. The van der Waals surface area contributed by atoms with Crippen LogP contribution in [0.4, 0.5) is 16.2 Å². The van der Waals surface area contributed by atoms with Gasteiger partial charge in [-0.15, -0.1) is 0 Å². The Hall–Kier alpha value is -5.64. The number of piperidine rings is 1. The molecule has 5 rings (SSSR count). The van der Waals surface area contributed by atoms with Gasteiger partial charge in [0.25, 0.3) is 11.8 Å². The van der Waals surface area contributed by atoms with Crippen molar-refractivity contribution < 1.29 is 28.7 Å². The van der Waals surface area contributed by atoms with Gasteiger partial charge in [-0.3, -0.25) is 14.4 Å². The van der Waals surface area contributed by atoms with Crippen molar-refractivity contribution in [3.05, 3.63) is 114 Å². The van der Waals surface area contributed by atoms with E-state index in [0.717, 1.165) is 16.7 Å². The standard InChI is InChI=1S/C43H50N4O6/c1-7-33(44-39(48)31-24-26-47(27-25-31)42(51)53-43(3,4)5)28-52-36-22-20-35(21-23-36)46(6)41(50)32-16-18-34(19-17-32)45-40(49)38-11-9-8-10-37(38)30-14-12-29(2)13-15-30/h8-23,31,33H,7,24-28H2,1-6H3,(H,44,48)(H,45,49). The van der Waals surface area contributed by atoms with Crippen LogP contribution in [0.25, 0.3) is 11.1 Å². The molecule has 4 aromatic rings. The number of anilines is 2. The second-order valence-corrected chi connectivity index (χ2v) is 14.5. The highest BCUT2D eigenvalue weighted by Gasteiger charge is 2.30. The highest BCUT2D eigenvalue weighted by atomic mass is 16.6.